The van der Waals surface area contributed by atoms with Crippen molar-refractivity contribution in [2.24, 2.45) is 5.73 Å². The molecule has 0 saturated carbocycles. The van der Waals surface area contributed by atoms with Gasteiger partial charge in [-0.25, -0.2) is 4.79 Å². The van der Waals surface area contributed by atoms with Crippen LogP contribution in [0.25, 0.3) is 0 Å². The number of nitrogens with zero attached hydrogens (tertiary/aromatic N) is 1. The van der Waals surface area contributed by atoms with Crippen molar-refractivity contribution in [2.75, 3.05) is 0 Å². The number of aliphatic hydroxyl groups excluding tert-OH is 1. The average molecular weight is 215 g/mol. The van der Waals surface area contributed by atoms with Crippen LogP contribution >= 0.6 is 0 Å². The van der Waals surface area contributed by atoms with Crippen LogP contribution < -0.4 is 11.1 Å². The van der Waals surface area contributed by atoms with Crippen molar-refractivity contribution in [3.05, 3.63) is 12.8 Å². The van der Waals surface area contributed by atoms with Crippen LogP contribution in [0.3, 0.4) is 0 Å². The molecule has 5 nitrogen and oxygen atoms in total. The molecule has 0 aliphatic carbocycles. The standard InChI is InChI=1S/C10H21N3O2/c1-4-7-9(14)12-8(5-2)13(6-3)10(11)15/h6,8-9,12,14H,3-5,7H2,1-2H3,(H2,11,15). The molecule has 0 rings (SSSR count). The fourth-order valence-electron chi connectivity index (χ4n) is 1.34. The number of primary amides is 1. The third-order valence-corrected chi connectivity index (χ3v) is 2.12. The third kappa shape index (κ3) is 4.80. The molecule has 0 bridgehead atoms. The first kappa shape index (κ1) is 13.9. The summed E-state index contributed by atoms with van der Waals surface area (Å²) in [6.07, 6.45) is 2.59. The van der Waals surface area contributed by atoms with Gasteiger partial charge in [-0.2, -0.15) is 0 Å². The number of carbonyl (C=O) groups excluding carboxylic acids is 1. The van der Waals surface area contributed by atoms with Gasteiger partial charge in [-0.05, 0) is 12.8 Å². The molecule has 2 atom stereocenters. The first-order valence-electron chi connectivity index (χ1n) is 5.21. The summed E-state index contributed by atoms with van der Waals surface area (Å²) < 4.78 is 0. The lowest BCUT2D eigenvalue weighted by Gasteiger charge is -2.29. The number of carbonyl (C=O) groups is 1. The fourth-order valence-corrected chi connectivity index (χ4v) is 1.34. The minimum absolute atomic E-state index is 0.304. The van der Waals surface area contributed by atoms with E-state index < -0.39 is 12.3 Å². The Kier molecular flexibility index (Phi) is 6.73. The molecular weight excluding hydrogens is 194 g/mol. The molecule has 0 saturated heterocycles. The second-order valence-corrected chi connectivity index (χ2v) is 3.32. The molecule has 2 amide bonds. The molecule has 0 heterocycles. The molecule has 88 valence electrons. The monoisotopic (exact) mass is 215 g/mol. The van der Waals surface area contributed by atoms with Gasteiger partial charge in [0.25, 0.3) is 0 Å². The minimum atomic E-state index is -0.623. The molecule has 0 aromatic rings. The lowest BCUT2D eigenvalue weighted by molar-refractivity contribution is 0.0841. The number of nitrogens with two attached hydrogens (primary N) is 1. The number of aliphatic hydroxyl groups is 1. The number of amides is 2. The summed E-state index contributed by atoms with van der Waals surface area (Å²) in [6, 6.07) is -0.576. The largest absolute Gasteiger partial charge is 0.379 e. The number of hydrogen-bond acceptors (Lipinski definition) is 3. The zero-order valence-corrected chi connectivity index (χ0v) is 9.44. The van der Waals surface area contributed by atoms with Gasteiger partial charge in [0.1, 0.15) is 6.23 Å². The maximum atomic E-state index is 11.0. The van der Waals surface area contributed by atoms with Crippen LogP contribution in [0.2, 0.25) is 0 Å². The molecule has 0 aliphatic heterocycles. The van der Waals surface area contributed by atoms with Gasteiger partial charge in [0.05, 0.1) is 6.17 Å². The van der Waals surface area contributed by atoms with E-state index >= 15 is 0 Å². The van der Waals surface area contributed by atoms with E-state index in [2.05, 4.69) is 11.9 Å². The van der Waals surface area contributed by atoms with Crippen LogP contribution in [-0.2, 0) is 0 Å². The van der Waals surface area contributed by atoms with Gasteiger partial charge in [-0.3, -0.25) is 10.2 Å². The lowest BCUT2D eigenvalue weighted by Crippen LogP contribution is -2.51. The zero-order valence-electron chi connectivity index (χ0n) is 9.44. The van der Waals surface area contributed by atoms with Gasteiger partial charge in [-0.15, -0.1) is 0 Å². The van der Waals surface area contributed by atoms with Crippen LogP contribution in [0.5, 0.6) is 0 Å². The van der Waals surface area contributed by atoms with Crippen molar-refractivity contribution in [3.63, 3.8) is 0 Å². The van der Waals surface area contributed by atoms with Crippen molar-refractivity contribution >= 4 is 6.03 Å². The maximum Gasteiger partial charge on any atom is 0.320 e. The van der Waals surface area contributed by atoms with E-state index in [0.29, 0.717) is 12.8 Å². The summed E-state index contributed by atoms with van der Waals surface area (Å²) in [4.78, 5) is 12.3. The number of rotatable bonds is 7. The topological polar surface area (TPSA) is 78.6 Å². The second-order valence-electron chi connectivity index (χ2n) is 3.32. The lowest BCUT2D eigenvalue weighted by atomic mass is 10.2. The highest BCUT2D eigenvalue weighted by atomic mass is 16.3. The molecule has 0 aliphatic rings. The molecule has 0 aromatic carbocycles. The first-order valence-corrected chi connectivity index (χ1v) is 5.21. The van der Waals surface area contributed by atoms with E-state index in [9.17, 15) is 9.90 Å². The third-order valence-electron chi connectivity index (χ3n) is 2.12. The van der Waals surface area contributed by atoms with E-state index in [-0.39, 0.29) is 6.17 Å². The summed E-state index contributed by atoms with van der Waals surface area (Å²) >= 11 is 0. The van der Waals surface area contributed by atoms with Gasteiger partial charge >= 0.3 is 6.03 Å². The highest BCUT2D eigenvalue weighted by molar-refractivity contribution is 5.73. The fraction of sp³-hybridized carbons (Fsp3) is 0.700. The highest BCUT2D eigenvalue weighted by Crippen LogP contribution is 2.04. The molecule has 0 radical (unpaired) electrons. The van der Waals surface area contributed by atoms with Crippen molar-refractivity contribution in [1.29, 1.82) is 0 Å². The summed E-state index contributed by atoms with van der Waals surface area (Å²) in [6.45, 7) is 7.38. The minimum Gasteiger partial charge on any atom is -0.379 e. The Labute approximate surface area is 90.9 Å². The van der Waals surface area contributed by atoms with E-state index in [1.165, 1.54) is 11.1 Å². The maximum absolute atomic E-state index is 11.0. The van der Waals surface area contributed by atoms with Crippen LogP contribution in [0.1, 0.15) is 33.1 Å². The number of urea groups is 1. The van der Waals surface area contributed by atoms with Gasteiger partial charge < -0.3 is 10.8 Å². The smallest absolute Gasteiger partial charge is 0.320 e. The molecule has 2 unspecified atom stereocenters. The van der Waals surface area contributed by atoms with Gasteiger partial charge in [0.2, 0.25) is 0 Å². The number of hydrogen-bond donors (Lipinski definition) is 3. The van der Waals surface area contributed by atoms with E-state index in [1.54, 1.807) is 0 Å². The summed E-state index contributed by atoms with van der Waals surface area (Å²) in [5.41, 5.74) is 5.17. The summed E-state index contributed by atoms with van der Waals surface area (Å²) in [5, 5.41) is 12.5. The van der Waals surface area contributed by atoms with Gasteiger partial charge in [-0.1, -0.05) is 26.8 Å². The SMILES string of the molecule is C=CN(C(N)=O)C(CC)NC(O)CCC. The Morgan fingerprint density at radius 3 is 2.60 bits per heavy atom. The predicted molar refractivity (Wildman–Crippen MR) is 59.7 cm³/mol. The molecular formula is C10H21N3O2. The molecule has 0 spiro atoms. The van der Waals surface area contributed by atoms with E-state index in [0.717, 1.165) is 6.42 Å². The van der Waals surface area contributed by atoms with Crippen LogP contribution in [0, 0.1) is 0 Å². The van der Waals surface area contributed by atoms with Crippen LogP contribution in [0.4, 0.5) is 4.79 Å². The normalized spacial score (nSPS) is 14.3. The van der Waals surface area contributed by atoms with E-state index in [4.69, 9.17) is 5.73 Å². The predicted octanol–water partition coefficient (Wildman–Crippen LogP) is 0.955. The van der Waals surface area contributed by atoms with Crippen LogP contribution in [0.15, 0.2) is 12.8 Å². The Bertz CT molecular complexity index is 209. The van der Waals surface area contributed by atoms with Crippen molar-refractivity contribution < 1.29 is 9.90 Å². The molecule has 15 heavy (non-hydrogen) atoms. The Morgan fingerprint density at radius 1 is 1.67 bits per heavy atom. The Morgan fingerprint density at radius 2 is 2.27 bits per heavy atom. The highest BCUT2D eigenvalue weighted by Gasteiger charge is 2.19. The van der Waals surface area contributed by atoms with Crippen LogP contribution in [-0.4, -0.2) is 28.4 Å². The quantitative estimate of drug-likeness (QED) is 0.553. The Hall–Kier alpha value is -1.07. The number of nitrogens with one attached hydrogen (secondary N) is 1. The van der Waals surface area contributed by atoms with Gasteiger partial charge in [0, 0.05) is 6.20 Å². The van der Waals surface area contributed by atoms with Crippen molar-refractivity contribution in [2.45, 2.75) is 45.5 Å². The molecule has 0 fully saturated rings. The molecule has 4 N–H and O–H groups in total. The van der Waals surface area contributed by atoms with Crippen molar-refractivity contribution in [1.82, 2.24) is 10.2 Å². The summed E-state index contributed by atoms with van der Waals surface area (Å²) in [5.74, 6) is 0. The first-order chi connectivity index (χ1) is 7.06. The Balaban J connectivity index is 4.32. The second kappa shape index (κ2) is 7.25. The van der Waals surface area contributed by atoms with E-state index in [1.807, 2.05) is 13.8 Å². The van der Waals surface area contributed by atoms with Gasteiger partial charge in [0.15, 0.2) is 0 Å². The average Bonchev–Trinajstić information content (AvgIpc) is 2.17. The molecule has 0 aromatic heterocycles. The zero-order chi connectivity index (χ0) is 11.8. The summed E-state index contributed by atoms with van der Waals surface area (Å²) in [7, 11) is 0. The molecule has 5 heteroatoms. The van der Waals surface area contributed by atoms with Crippen molar-refractivity contribution in [3.8, 4) is 0 Å².